The van der Waals surface area contributed by atoms with Crippen molar-refractivity contribution in [3.63, 3.8) is 0 Å². The maximum absolute atomic E-state index is 5.34. The molecule has 66 valence electrons. The van der Waals surface area contributed by atoms with Crippen molar-refractivity contribution >= 4 is 23.1 Å². The molecule has 0 saturated carbocycles. The van der Waals surface area contributed by atoms with E-state index in [2.05, 4.69) is 12.6 Å². The van der Waals surface area contributed by atoms with Gasteiger partial charge in [0.05, 0.1) is 6.61 Å². The van der Waals surface area contributed by atoms with E-state index in [0.29, 0.717) is 6.61 Å². The summed E-state index contributed by atoms with van der Waals surface area (Å²) in [5, 5.41) is 0. The van der Waals surface area contributed by atoms with Crippen molar-refractivity contribution in [3.8, 4) is 5.75 Å². The third-order valence-electron chi connectivity index (χ3n) is 1.16. The van der Waals surface area contributed by atoms with Gasteiger partial charge in [-0.1, -0.05) is 6.58 Å². The van der Waals surface area contributed by atoms with Crippen molar-refractivity contribution in [1.82, 2.24) is 0 Å². The Balaban J connectivity index is 0. The van der Waals surface area contributed by atoms with Gasteiger partial charge in [-0.05, 0) is 12.5 Å². The molecule has 0 aliphatic rings. The molecule has 0 fully saturated rings. The van der Waals surface area contributed by atoms with Gasteiger partial charge in [-0.2, -0.15) is 18.2 Å². The minimum atomic E-state index is 0. The standard InChI is InChI=1S/C10H11O.BrH.Mg/c1-9(2)8-11-10-6-4-3-5-7-10;;/h3-4,6-7H,1,8H2,2H3;1H;/q-1;;+2/p-1. The SMILES string of the molecule is C=C(C)COc1c[c-]ccc1.[Br-].[Mg+2]. The first-order valence-electron chi connectivity index (χ1n) is 3.52. The minimum absolute atomic E-state index is 0. The zero-order valence-corrected chi connectivity index (χ0v) is 10.7. The number of rotatable bonds is 3. The largest absolute Gasteiger partial charge is 2.00 e. The summed E-state index contributed by atoms with van der Waals surface area (Å²) >= 11 is 0. The van der Waals surface area contributed by atoms with E-state index in [9.17, 15) is 0 Å². The average Bonchev–Trinajstić information content (AvgIpc) is 2.03. The maximum Gasteiger partial charge on any atom is 2.00 e. The molecule has 0 amide bonds. The molecule has 13 heavy (non-hydrogen) atoms. The van der Waals surface area contributed by atoms with Crippen molar-refractivity contribution < 1.29 is 21.7 Å². The van der Waals surface area contributed by atoms with Gasteiger partial charge in [-0.15, -0.1) is 12.1 Å². The molecule has 0 spiro atoms. The zero-order valence-electron chi connectivity index (χ0n) is 7.72. The molecule has 1 aromatic rings. The fraction of sp³-hybridized carbons (Fsp3) is 0.200. The van der Waals surface area contributed by atoms with Crippen LogP contribution in [0.5, 0.6) is 5.75 Å². The Labute approximate surface area is 106 Å². The predicted octanol–water partition coefficient (Wildman–Crippen LogP) is -0.935. The smallest absolute Gasteiger partial charge is 1.00 e. The van der Waals surface area contributed by atoms with Crippen LogP contribution >= 0.6 is 0 Å². The molecule has 1 nitrogen and oxygen atoms in total. The first-order valence-corrected chi connectivity index (χ1v) is 3.52. The molecule has 0 aromatic heterocycles. The molecule has 1 rings (SSSR count). The second-order valence-electron chi connectivity index (χ2n) is 2.48. The zero-order chi connectivity index (χ0) is 8.10. The van der Waals surface area contributed by atoms with E-state index < -0.39 is 0 Å². The van der Waals surface area contributed by atoms with Crippen LogP contribution in [0.2, 0.25) is 0 Å². The van der Waals surface area contributed by atoms with Gasteiger partial charge in [-0.25, -0.2) is 0 Å². The summed E-state index contributed by atoms with van der Waals surface area (Å²) in [6.45, 7) is 6.25. The molecular formula is C10H11BrMgO. The predicted molar refractivity (Wildman–Crippen MR) is 51.3 cm³/mol. The Hall–Kier alpha value is 0.00623. The summed E-state index contributed by atoms with van der Waals surface area (Å²) in [7, 11) is 0. The number of ether oxygens (including phenoxy) is 1. The van der Waals surface area contributed by atoms with Crippen LogP contribution in [-0.2, 0) is 0 Å². The first-order chi connectivity index (χ1) is 5.29. The number of hydrogen-bond donors (Lipinski definition) is 0. The van der Waals surface area contributed by atoms with Gasteiger partial charge >= 0.3 is 23.1 Å². The van der Waals surface area contributed by atoms with Crippen LogP contribution in [0, 0.1) is 6.07 Å². The molecule has 1 aromatic carbocycles. The van der Waals surface area contributed by atoms with Gasteiger partial charge in [0.15, 0.2) is 0 Å². The van der Waals surface area contributed by atoms with Crippen molar-refractivity contribution in [2.24, 2.45) is 0 Å². The molecule has 0 saturated heterocycles. The molecule has 0 atom stereocenters. The van der Waals surface area contributed by atoms with Crippen molar-refractivity contribution in [2.75, 3.05) is 6.61 Å². The van der Waals surface area contributed by atoms with Gasteiger partial charge < -0.3 is 21.7 Å². The molecule has 0 radical (unpaired) electrons. The van der Waals surface area contributed by atoms with Crippen molar-refractivity contribution in [2.45, 2.75) is 6.92 Å². The number of halogens is 1. The third kappa shape index (κ3) is 7.11. The molecule has 0 heterocycles. The number of hydrogen-bond acceptors (Lipinski definition) is 1. The average molecular weight is 251 g/mol. The van der Waals surface area contributed by atoms with Gasteiger partial charge in [-0.3, -0.25) is 0 Å². The second kappa shape index (κ2) is 8.60. The Morgan fingerprint density at radius 1 is 1.62 bits per heavy atom. The molecule has 3 heteroatoms. The van der Waals surface area contributed by atoms with Gasteiger partial charge in [0.2, 0.25) is 0 Å². The van der Waals surface area contributed by atoms with Crippen LogP contribution in [0.4, 0.5) is 0 Å². The number of benzene rings is 1. The van der Waals surface area contributed by atoms with E-state index in [0.717, 1.165) is 11.3 Å². The second-order valence-corrected chi connectivity index (χ2v) is 2.48. The summed E-state index contributed by atoms with van der Waals surface area (Å²) in [5.41, 5.74) is 1.02. The van der Waals surface area contributed by atoms with Gasteiger partial charge in [0.25, 0.3) is 0 Å². The van der Waals surface area contributed by atoms with Crippen molar-refractivity contribution in [3.05, 3.63) is 42.5 Å². The van der Waals surface area contributed by atoms with Gasteiger partial charge in [0, 0.05) is 5.75 Å². The van der Waals surface area contributed by atoms with E-state index in [1.165, 1.54) is 0 Å². The quantitative estimate of drug-likeness (QED) is 0.383. The Morgan fingerprint density at radius 3 is 2.77 bits per heavy atom. The van der Waals surface area contributed by atoms with Gasteiger partial charge in [0.1, 0.15) is 0 Å². The topological polar surface area (TPSA) is 9.23 Å². The van der Waals surface area contributed by atoms with E-state index in [-0.39, 0.29) is 40.0 Å². The third-order valence-corrected chi connectivity index (χ3v) is 1.16. The summed E-state index contributed by atoms with van der Waals surface area (Å²) in [6, 6.07) is 10.4. The summed E-state index contributed by atoms with van der Waals surface area (Å²) in [4.78, 5) is 0. The molecule has 0 aliphatic heterocycles. The van der Waals surface area contributed by atoms with E-state index >= 15 is 0 Å². The molecule has 0 N–H and O–H groups in total. The van der Waals surface area contributed by atoms with Crippen LogP contribution in [0.25, 0.3) is 0 Å². The normalized spacial score (nSPS) is 7.77. The molecular weight excluding hydrogens is 240 g/mol. The Morgan fingerprint density at radius 2 is 2.31 bits per heavy atom. The van der Waals surface area contributed by atoms with Crippen molar-refractivity contribution in [1.29, 1.82) is 0 Å². The van der Waals surface area contributed by atoms with E-state index in [1.54, 1.807) is 0 Å². The Bertz CT molecular complexity index is 236. The van der Waals surface area contributed by atoms with E-state index in [4.69, 9.17) is 4.74 Å². The van der Waals surface area contributed by atoms with Crippen LogP contribution < -0.4 is 21.7 Å². The first kappa shape index (κ1) is 15.5. The minimum Gasteiger partial charge on any atom is -1.00 e. The van der Waals surface area contributed by atoms with Crippen LogP contribution in [-0.4, -0.2) is 29.7 Å². The molecule has 0 aliphatic carbocycles. The monoisotopic (exact) mass is 250 g/mol. The Kier molecular flexibility index (Phi) is 10.2. The van der Waals surface area contributed by atoms with Crippen LogP contribution in [0.1, 0.15) is 6.92 Å². The fourth-order valence-electron chi connectivity index (χ4n) is 0.673. The van der Waals surface area contributed by atoms with Crippen LogP contribution in [0.3, 0.4) is 0 Å². The summed E-state index contributed by atoms with van der Waals surface area (Å²) in [6.07, 6.45) is 0. The molecule has 0 unspecified atom stereocenters. The maximum atomic E-state index is 5.34. The van der Waals surface area contributed by atoms with Crippen LogP contribution in [0.15, 0.2) is 36.4 Å². The summed E-state index contributed by atoms with van der Waals surface area (Å²) in [5.74, 6) is 0.843. The molecule has 0 bridgehead atoms. The van der Waals surface area contributed by atoms with E-state index in [1.807, 2.05) is 31.2 Å². The fourth-order valence-corrected chi connectivity index (χ4v) is 0.673. The summed E-state index contributed by atoms with van der Waals surface area (Å²) < 4.78 is 5.34.